The van der Waals surface area contributed by atoms with Gasteiger partial charge in [-0.25, -0.2) is 0 Å². The molecule has 291 valence electrons. The van der Waals surface area contributed by atoms with Crippen molar-refractivity contribution in [2.45, 2.75) is 70.5 Å². The van der Waals surface area contributed by atoms with E-state index in [-0.39, 0.29) is 213 Å². The summed E-state index contributed by atoms with van der Waals surface area (Å²) in [5.41, 5.74) is 5.75. The summed E-state index contributed by atoms with van der Waals surface area (Å²) >= 11 is 7.75. The summed E-state index contributed by atoms with van der Waals surface area (Å²) in [5.74, 6) is 0.861. The van der Waals surface area contributed by atoms with Gasteiger partial charge in [0.15, 0.2) is 0 Å². The first-order chi connectivity index (χ1) is 29.2. The van der Waals surface area contributed by atoms with Crippen molar-refractivity contribution in [3.05, 3.63) is 180 Å². The third-order valence-corrected chi connectivity index (χ3v) is 12.3. The standard InChI is InChI=1S/C12H12S.C12H8S.C12H16.C12H10.CH3B.BH2.BH.4K.HPS.H2.4H/c2*1-3-7-11-9(5-1)10-6-2-4-8-12(10)13-11;2*1-3-7-11(8-4-1)12-9-5-2-6-10-12;1-2;;;;;;;1-2;;;;;/h1,3,5,7H,2,4,6,8H2;1-8H;1,3-4,7-8,12H,2,5-6,9-10H2;1-10H;1H3;1H2;1H;;;;;1H;1H;;;;/q;;;;;;;4*+1;;;4*-1/i;;;;;1TD;1T;;;;;;;;;;. The average molecular weight is 969 g/mol. The van der Waals surface area contributed by atoms with E-state index in [0.717, 1.165) is 5.92 Å². The van der Waals surface area contributed by atoms with Crippen molar-refractivity contribution in [1.29, 1.82) is 4.01 Å². The van der Waals surface area contributed by atoms with Gasteiger partial charge in [0.25, 0.3) is 0 Å². The number of rotatable bonds is 2. The summed E-state index contributed by atoms with van der Waals surface area (Å²) in [5, 5.41) is 4.27. The Hall–Kier alpha value is 2.76. The van der Waals surface area contributed by atoms with Crippen molar-refractivity contribution in [1.82, 2.24) is 0 Å². The molecule has 2 aromatic heterocycles. The van der Waals surface area contributed by atoms with Gasteiger partial charge in [-0.05, 0) is 102 Å². The molecule has 0 N–H and O–H groups in total. The minimum absolute atomic E-state index is 0. The monoisotopic (exact) mass is 968 g/mol. The van der Waals surface area contributed by atoms with Crippen LogP contribution < -0.4 is 206 Å². The maximum Gasteiger partial charge on any atom is 1.00 e. The summed E-state index contributed by atoms with van der Waals surface area (Å²) in [6, 6.07) is 57.7. The molecule has 0 aliphatic heterocycles. The molecule has 1 saturated carbocycles. The summed E-state index contributed by atoms with van der Waals surface area (Å²) in [6.45, 7) is 1.50. The fraction of sp³-hybridized carbons (Fsp3) is 0.224. The van der Waals surface area contributed by atoms with E-state index in [4.69, 9.17) is 4.01 Å². The Kier molecular flexibility index (Phi) is 38.0. The molecular weight excluding hydrogens is 905 g/mol. The second-order valence-electron chi connectivity index (χ2n) is 13.3. The van der Waals surface area contributed by atoms with Crippen molar-refractivity contribution in [3.8, 4) is 11.1 Å². The van der Waals surface area contributed by atoms with Crippen LogP contribution in [0.5, 0.6) is 0 Å². The summed E-state index contributed by atoms with van der Waals surface area (Å²) in [4.78, 5) is 1.65. The van der Waals surface area contributed by atoms with Gasteiger partial charge in [0.1, 0.15) is 0 Å². The minimum Gasteiger partial charge on any atom is -1.00 e. The van der Waals surface area contributed by atoms with Crippen molar-refractivity contribution >= 4 is 97.3 Å². The predicted octanol–water partition coefficient (Wildman–Crippen LogP) is 2.86. The fourth-order valence-electron chi connectivity index (χ4n) is 7.31. The molecule has 6 aromatic carbocycles. The first kappa shape index (κ1) is 58.9. The molecule has 0 spiro atoms. The van der Waals surface area contributed by atoms with Crippen LogP contribution in [0.3, 0.4) is 0 Å². The molecule has 2 aliphatic carbocycles. The van der Waals surface area contributed by atoms with Crippen LogP contribution in [0.25, 0.3) is 41.4 Å². The molecule has 8 aromatic rings. The van der Waals surface area contributed by atoms with E-state index in [1.807, 2.05) is 34.8 Å². The maximum absolute atomic E-state index is 5.75. The zero-order chi connectivity index (χ0) is 42.5. The summed E-state index contributed by atoms with van der Waals surface area (Å²) in [7, 11) is 11.3. The maximum atomic E-state index is 5.75. The van der Waals surface area contributed by atoms with Gasteiger partial charge in [0.05, 0.1) is 16.2 Å². The largest absolute Gasteiger partial charge is 1.00 e. The second-order valence-corrected chi connectivity index (χ2v) is 15.5. The molecule has 2 aliphatic rings. The number of hydrogen-bond acceptors (Lipinski definition) is 3. The molecule has 11 heteroatoms. The summed E-state index contributed by atoms with van der Waals surface area (Å²) < 4.78 is 21.0. The molecule has 60 heavy (non-hydrogen) atoms. The first-order valence-corrected chi connectivity index (χ1v) is 22.4. The third-order valence-electron chi connectivity index (χ3n) is 9.90. The predicted molar refractivity (Wildman–Crippen MR) is 271 cm³/mol. The van der Waals surface area contributed by atoms with Crippen molar-refractivity contribution in [2.24, 2.45) is 0 Å². The molecule has 5 radical (unpaired) electrons. The Morgan fingerprint density at radius 2 is 0.950 bits per heavy atom. The topological polar surface area (TPSA) is 0 Å². The Morgan fingerprint density at radius 3 is 1.42 bits per heavy atom. The van der Waals surface area contributed by atoms with E-state index < -0.39 is 0 Å². The zero-order valence-electron chi connectivity index (χ0n) is 43.5. The second kappa shape index (κ2) is 38.7. The quantitative estimate of drug-likeness (QED) is 0.190. The van der Waals surface area contributed by atoms with Crippen LogP contribution in [0.15, 0.2) is 164 Å². The van der Waals surface area contributed by atoms with Crippen LogP contribution in [0, 0.1) is 0 Å². The molecule has 0 atom stereocenters. The van der Waals surface area contributed by atoms with Gasteiger partial charge >= 0.3 is 206 Å². The number of fused-ring (bicyclic) bond motifs is 6. The van der Waals surface area contributed by atoms with Crippen molar-refractivity contribution < 1.29 is 213 Å². The van der Waals surface area contributed by atoms with E-state index in [9.17, 15) is 0 Å². The summed E-state index contributed by atoms with van der Waals surface area (Å²) in [6.07, 6.45) is 12.5. The van der Waals surface area contributed by atoms with E-state index >= 15 is 0 Å². The molecule has 0 nitrogen and oxygen atoms in total. The van der Waals surface area contributed by atoms with Crippen molar-refractivity contribution in [2.75, 3.05) is 0 Å². The van der Waals surface area contributed by atoms with E-state index in [1.54, 1.807) is 16.0 Å². The smallest absolute Gasteiger partial charge is 1.00 e. The van der Waals surface area contributed by atoms with Crippen LogP contribution >= 0.6 is 30.7 Å². The zero-order valence-corrected chi connectivity index (χ0v) is 52.4. The van der Waals surface area contributed by atoms with Crippen LogP contribution in [0.2, 0.25) is 6.82 Å². The minimum atomic E-state index is 0. The Labute approximate surface area is 563 Å². The Balaban J connectivity index is -0.000000132. The molecular formula is C49H59B3K4PS3. The van der Waals surface area contributed by atoms with Gasteiger partial charge < -0.3 is 5.71 Å². The third kappa shape index (κ3) is 20.5. The molecule has 2 heterocycles. The molecule has 10 rings (SSSR count). The van der Waals surface area contributed by atoms with E-state index in [1.165, 1.54) is 106 Å². The number of aryl methyl sites for hydroxylation is 2. The van der Waals surface area contributed by atoms with Gasteiger partial charge in [-0.3, -0.25) is 0 Å². The fourth-order valence-corrected chi connectivity index (χ4v) is 9.71. The van der Waals surface area contributed by atoms with Gasteiger partial charge in [-0.15, -0.1) is 22.7 Å². The van der Waals surface area contributed by atoms with Crippen LogP contribution in [-0.4, -0.2) is 28.6 Å². The molecule has 0 unspecified atom stereocenters. The van der Waals surface area contributed by atoms with E-state index in [2.05, 4.69) is 188 Å². The first-order valence-electron chi connectivity index (χ1n) is 20.9. The van der Waals surface area contributed by atoms with Crippen LogP contribution in [0.4, 0.5) is 0 Å². The van der Waals surface area contributed by atoms with Crippen LogP contribution in [0.1, 0.15) is 74.0 Å². The molecule has 0 bridgehead atoms. The Morgan fingerprint density at radius 1 is 0.583 bits per heavy atom. The molecule has 1 fully saturated rings. The average Bonchev–Trinajstić information content (AvgIpc) is 3.92. The Bertz CT molecular complexity index is 2220. The number of benzene rings is 6. The van der Waals surface area contributed by atoms with Crippen LogP contribution in [-0.2, 0) is 24.6 Å². The van der Waals surface area contributed by atoms with Gasteiger partial charge in [-0.2, -0.15) is 0 Å². The normalized spacial score (nSPS) is 12.2. The van der Waals surface area contributed by atoms with Crippen molar-refractivity contribution in [3.63, 3.8) is 0 Å². The number of thiophene rings is 2. The van der Waals surface area contributed by atoms with Gasteiger partial charge in [0, 0.05) is 39.6 Å². The molecule has 0 saturated heterocycles. The van der Waals surface area contributed by atoms with E-state index in [0.29, 0.717) is 8.34 Å². The molecule has 0 amide bonds. The number of hydrogen-bond donors (Lipinski definition) is 0. The SMILES string of the molecule is P=S.[2H][B][3H].[3H][B].[B]C.[H-].[H-].[H-].[H-].[HH].[K+].[K+].[K+].[K+].c1ccc(-c2ccccc2)cc1.c1ccc(C2CCCCC2)cc1.c1ccc2c(c1)sc1ccccc12.c1ccc2c3c(sc2c1)CCCC3. The van der Waals surface area contributed by atoms with Gasteiger partial charge in [-0.1, -0.05) is 183 Å². The van der Waals surface area contributed by atoms with Gasteiger partial charge in [0.2, 0.25) is 0 Å².